The van der Waals surface area contributed by atoms with E-state index in [1.807, 2.05) is 0 Å². The third kappa shape index (κ3) is 5.29. The molecule has 3 N–H and O–H groups in total. The van der Waals surface area contributed by atoms with E-state index in [9.17, 15) is 13.2 Å². The maximum absolute atomic E-state index is 12.5. The van der Waals surface area contributed by atoms with E-state index in [4.69, 9.17) is 10.8 Å². The fourth-order valence-corrected chi connectivity index (χ4v) is 1.34. The summed E-state index contributed by atoms with van der Waals surface area (Å²) in [5.41, 5.74) is 5.04. The van der Waals surface area contributed by atoms with Crippen molar-refractivity contribution in [3.8, 4) is 0 Å². The maximum Gasteiger partial charge on any atom is 0.399 e. The van der Waals surface area contributed by atoms with Crippen LogP contribution in [-0.4, -0.2) is 47.4 Å². The summed E-state index contributed by atoms with van der Waals surface area (Å²) in [6.07, 6.45) is -4.42. The average molecular weight is 244 g/mol. The van der Waals surface area contributed by atoms with Crippen molar-refractivity contribution in [2.24, 2.45) is 11.7 Å². The number of nitrogens with two attached hydrogens (primary N) is 1. The summed E-state index contributed by atoms with van der Waals surface area (Å²) in [7, 11) is 0. The van der Waals surface area contributed by atoms with Gasteiger partial charge in [-0.05, 0) is 6.54 Å². The van der Waals surface area contributed by atoms with Crippen LogP contribution >= 0.6 is 12.2 Å². The van der Waals surface area contributed by atoms with Crippen LogP contribution in [0.4, 0.5) is 13.2 Å². The lowest BCUT2D eigenvalue weighted by Gasteiger charge is -2.26. The Hall–Kier alpha value is -0.400. The molecule has 0 heterocycles. The van der Waals surface area contributed by atoms with Crippen LogP contribution in [0.5, 0.6) is 0 Å². The Labute approximate surface area is 92.0 Å². The van der Waals surface area contributed by atoms with Crippen LogP contribution in [0.15, 0.2) is 0 Å². The molecule has 15 heavy (non-hydrogen) atoms. The molecule has 0 fully saturated rings. The average Bonchev–Trinajstić information content (AvgIpc) is 2.09. The van der Waals surface area contributed by atoms with E-state index in [1.165, 1.54) is 4.90 Å². The summed E-state index contributed by atoms with van der Waals surface area (Å²) in [4.78, 5) is 0.899. The van der Waals surface area contributed by atoms with Gasteiger partial charge in [0, 0.05) is 13.1 Å². The van der Waals surface area contributed by atoms with Gasteiger partial charge in [-0.2, -0.15) is 13.2 Å². The van der Waals surface area contributed by atoms with Crippen LogP contribution in [0.25, 0.3) is 0 Å². The maximum atomic E-state index is 12.5. The van der Waals surface area contributed by atoms with Gasteiger partial charge in [0.2, 0.25) is 0 Å². The van der Waals surface area contributed by atoms with Gasteiger partial charge in [-0.25, -0.2) is 0 Å². The van der Waals surface area contributed by atoms with Gasteiger partial charge in [-0.1, -0.05) is 19.1 Å². The largest absolute Gasteiger partial charge is 0.399 e. The van der Waals surface area contributed by atoms with Crippen molar-refractivity contribution in [1.29, 1.82) is 0 Å². The van der Waals surface area contributed by atoms with Crippen molar-refractivity contribution in [2.75, 3.05) is 26.2 Å². The molecule has 1 atom stereocenters. The van der Waals surface area contributed by atoms with Crippen molar-refractivity contribution < 1.29 is 18.3 Å². The first-order chi connectivity index (χ1) is 6.82. The highest BCUT2D eigenvalue weighted by Gasteiger charge is 2.42. The Morgan fingerprint density at radius 2 is 2.07 bits per heavy atom. The minimum absolute atomic E-state index is 0.185. The Balaban J connectivity index is 4.46. The minimum Gasteiger partial charge on any atom is -0.395 e. The van der Waals surface area contributed by atoms with Crippen LogP contribution in [0, 0.1) is 5.92 Å². The summed E-state index contributed by atoms with van der Waals surface area (Å²) in [6, 6.07) is 0. The van der Waals surface area contributed by atoms with Crippen molar-refractivity contribution in [3.05, 3.63) is 0 Å². The van der Waals surface area contributed by atoms with Crippen LogP contribution in [0.2, 0.25) is 0 Å². The molecule has 0 aromatic carbocycles. The first-order valence-corrected chi connectivity index (χ1v) is 4.93. The molecule has 0 spiro atoms. The molecule has 90 valence electrons. The molecule has 0 bridgehead atoms. The number of nitrogens with zero attached hydrogens (tertiary/aromatic N) is 1. The minimum atomic E-state index is -4.42. The second kappa shape index (κ2) is 6.24. The van der Waals surface area contributed by atoms with E-state index in [2.05, 4.69) is 12.2 Å². The van der Waals surface area contributed by atoms with Gasteiger partial charge < -0.3 is 15.7 Å². The number of thiocarbonyl (C=S) groups is 1. The molecule has 0 rings (SSSR count). The quantitative estimate of drug-likeness (QED) is 0.677. The van der Waals surface area contributed by atoms with Gasteiger partial charge in [0.05, 0.1) is 11.6 Å². The van der Waals surface area contributed by atoms with Gasteiger partial charge in [0.25, 0.3) is 0 Å². The summed E-state index contributed by atoms with van der Waals surface area (Å²) >= 11 is 4.38. The van der Waals surface area contributed by atoms with Gasteiger partial charge >= 0.3 is 6.18 Å². The third-order valence-corrected chi connectivity index (χ3v) is 2.33. The number of hydrogen-bond donors (Lipinski definition) is 2. The topological polar surface area (TPSA) is 49.5 Å². The number of halogens is 3. The molecule has 0 aliphatic rings. The number of aliphatic hydroxyl groups excluding tert-OH is 1. The molecule has 0 saturated carbocycles. The smallest absolute Gasteiger partial charge is 0.395 e. The molecule has 3 nitrogen and oxygen atoms in total. The van der Waals surface area contributed by atoms with Crippen molar-refractivity contribution >= 4 is 17.2 Å². The van der Waals surface area contributed by atoms with Gasteiger partial charge in [-0.3, -0.25) is 0 Å². The molecule has 0 aliphatic heterocycles. The summed E-state index contributed by atoms with van der Waals surface area (Å²) in [6.45, 7) is 1.83. The Kier molecular flexibility index (Phi) is 6.07. The number of alkyl halides is 3. The molecule has 0 amide bonds. The second-order valence-electron chi connectivity index (χ2n) is 3.11. The highest BCUT2D eigenvalue weighted by Crippen LogP contribution is 2.27. The third-order valence-electron chi connectivity index (χ3n) is 2.04. The fourth-order valence-electron chi connectivity index (χ4n) is 1.13. The lowest BCUT2D eigenvalue weighted by Crippen LogP contribution is -2.44. The van der Waals surface area contributed by atoms with Crippen LogP contribution in [0.1, 0.15) is 6.92 Å². The van der Waals surface area contributed by atoms with Crippen LogP contribution in [-0.2, 0) is 0 Å². The molecule has 0 radical (unpaired) electrons. The predicted molar refractivity (Wildman–Crippen MR) is 55.5 cm³/mol. The zero-order valence-corrected chi connectivity index (χ0v) is 9.24. The first kappa shape index (κ1) is 14.6. The highest BCUT2D eigenvalue weighted by molar-refractivity contribution is 7.80. The van der Waals surface area contributed by atoms with E-state index in [0.29, 0.717) is 6.54 Å². The SMILES string of the molecule is CCN(CCO)CC(C(N)=S)C(F)(F)F. The summed E-state index contributed by atoms with van der Waals surface area (Å²) in [5, 5.41) is 8.64. The molecular formula is C8H15F3N2OS. The summed E-state index contributed by atoms with van der Waals surface area (Å²) < 4.78 is 37.4. The Bertz CT molecular complexity index is 211. The first-order valence-electron chi connectivity index (χ1n) is 4.52. The Morgan fingerprint density at radius 3 is 2.33 bits per heavy atom. The molecule has 0 aliphatic carbocycles. The number of rotatable bonds is 6. The Morgan fingerprint density at radius 1 is 1.53 bits per heavy atom. The van der Waals surface area contributed by atoms with Gasteiger partial charge in [0.15, 0.2) is 0 Å². The molecule has 1 unspecified atom stereocenters. The predicted octanol–water partition coefficient (Wildman–Crippen LogP) is 0.765. The molecule has 0 saturated heterocycles. The molecule has 0 aromatic heterocycles. The molecule has 7 heteroatoms. The molecular weight excluding hydrogens is 229 g/mol. The van der Waals surface area contributed by atoms with Crippen molar-refractivity contribution in [1.82, 2.24) is 4.90 Å². The normalized spacial score (nSPS) is 14.3. The van der Waals surface area contributed by atoms with E-state index < -0.39 is 17.1 Å². The lowest BCUT2D eigenvalue weighted by molar-refractivity contribution is -0.159. The van der Waals surface area contributed by atoms with Crippen LogP contribution in [0.3, 0.4) is 0 Å². The zero-order chi connectivity index (χ0) is 12.1. The lowest BCUT2D eigenvalue weighted by atomic mass is 10.1. The van der Waals surface area contributed by atoms with Crippen LogP contribution < -0.4 is 5.73 Å². The summed E-state index contributed by atoms with van der Waals surface area (Å²) in [5.74, 6) is -1.81. The van der Waals surface area contributed by atoms with E-state index in [1.54, 1.807) is 6.92 Å². The second-order valence-corrected chi connectivity index (χ2v) is 3.58. The number of hydrogen-bond acceptors (Lipinski definition) is 3. The van der Waals surface area contributed by atoms with Gasteiger partial charge in [-0.15, -0.1) is 0 Å². The van der Waals surface area contributed by atoms with Crippen molar-refractivity contribution in [2.45, 2.75) is 13.1 Å². The van der Waals surface area contributed by atoms with Gasteiger partial charge in [0.1, 0.15) is 5.92 Å². The van der Waals surface area contributed by atoms with E-state index >= 15 is 0 Å². The monoisotopic (exact) mass is 244 g/mol. The van der Waals surface area contributed by atoms with E-state index in [-0.39, 0.29) is 19.7 Å². The van der Waals surface area contributed by atoms with Crippen molar-refractivity contribution in [3.63, 3.8) is 0 Å². The number of likely N-dealkylation sites (N-methyl/N-ethyl adjacent to an activating group) is 1. The molecule has 0 aromatic rings. The number of aliphatic hydroxyl groups is 1. The zero-order valence-electron chi connectivity index (χ0n) is 8.42. The fraction of sp³-hybridized carbons (Fsp3) is 0.875. The highest BCUT2D eigenvalue weighted by atomic mass is 32.1. The van der Waals surface area contributed by atoms with E-state index in [0.717, 1.165) is 0 Å². The standard InChI is InChI=1S/C8H15F3N2OS/c1-2-13(3-4-14)5-6(7(12)15)8(9,10)11/h6,14H,2-5H2,1H3,(H2,12,15).